The SMILES string of the molecule is Cc1ccc2cc(CC(C(=O)O)c3csc(-c4nc(C(Cc5ccc6cc(C)ccc6c5)C(=O)O)cs4)n3)ccc2c1. The Morgan fingerprint density at radius 1 is 0.619 bits per heavy atom. The molecule has 2 unspecified atom stereocenters. The zero-order valence-corrected chi connectivity index (χ0v) is 24.7. The van der Waals surface area contributed by atoms with Crippen molar-refractivity contribution in [3.8, 4) is 10.0 Å². The maximum absolute atomic E-state index is 12.3. The fourth-order valence-corrected chi connectivity index (χ4v) is 7.08. The van der Waals surface area contributed by atoms with Gasteiger partial charge in [-0.25, -0.2) is 9.97 Å². The third-order valence-electron chi connectivity index (χ3n) is 7.54. The molecule has 0 saturated carbocycles. The lowest BCUT2D eigenvalue weighted by molar-refractivity contribution is -0.139. The van der Waals surface area contributed by atoms with Crippen molar-refractivity contribution in [2.24, 2.45) is 0 Å². The van der Waals surface area contributed by atoms with Gasteiger partial charge in [-0.05, 0) is 59.4 Å². The smallest absolute Gasteiger partial charge is 0.312 e. The van der Waals surface area contributed by atoms with Crippen LogP contribution in [-0.2, 0) is 22.4 Å². The van der Waals surface area contributed by atoms with Gasteiger partial charge >= 0.3 is 11.9 Å². The van der Waals surface area contributed by atoms with Crippen molar-refractivity contribution < 1.29 is 19.8 Å². The van der Waals surface area contributed by atoms with Crippen molar-refractivity contribution >= 4 is 56.2 Å². The van der Waals surface area contributed by atoms with Crippen molar-refractivity contribution in [2.75, 3.05) is 0 Å². The lowest BCUT2D eigenvalue weighted by Gasteiger charge is -2.11. The summed E-state index contributed by atoms with van der Waals surface area (Å²) in [6.45, 7) is 4.10. The predicted octanol–water partition coefficient (Wildman–Crippen LogP) is 8.01. The standard InChI is InChI=1S/C34H28N2O4S2/c1-19-3-7-25-13-21(5-9-23(25)11-19)15-27(33(37)38)29-17-41-31(35-29)32-36-30(18-42-32)28(34(39)40)16-22-6-10-24-12-20(2)4-8-26(24)14-22/h3-14,17-18,27-28H,15-16H2,1-2H3,(H,37,38)(H,39,40). The Morgan fingerprint density at radius 2 is 1.00 bits per heavy atom. The first-order chi connectivity index (χ1) is 20.2. The van der Waals surface area contributed by atoms with Crippen LogP contribution in [0.15, 0.2) is 83.6 Å². The topological polar surface area (TPSA) is 100 Å². The number of carbonyl (C=O) groups is 2. The van der Waals surface area contributed by atoms with Gasteiger partial charge in [0, 0.05) is 10.8 Å². The molecule has 6 nitrogen and oxygen atoms in total. The number of hydrogen-bond donors (Lipinski definition) is 2. The van der Waals surface area contributed by atoms with Crippen molar-refractivity contribution in [3.63, 3.8) is 0 Å². The van der Waals surface area contributed by atoms with E-state index in [0.29, 0.717) is 34.2 Å². The van der Waals surface area contributed by atoms with Crippen LogP contribution in [0.4, 0.5) is 0 Å². The van der Waals surface area contributed by atoms with E-state index in [0.717, 1.165) is 32.7 Å². The molecule has 0 saturated heterocycles. The Morgan fingerprint density at radius 3 is 1.40 bits per heavy atom. The summed E-state index contributed by atoms with van der Waals surface area (Å²) in [4.78, 5) is 33.9. The number of aliphatic carboxylic acids is 2. The highest BCUT2D eigenvalue weighted by atomic mass is 32.1. The molecule has 2 aromatic heterocycles. The van der Waals surface area contributed by atoms with Crippen LogP contribution in [0.1, 0.15) is 45.5 Å². The first kappa shape index (κ1) is 27.8. The average Bonchev–Trinajstić information content (AvgIpc) is 3.64. The maximum Gasteiger partial charge on any atom is 0.312 e. The van der Waals surface area contributed by atoms with E-state index < -0.39 is 23.8 Å². The first-order valence-corrected chi connectivity index (χ1v) is 15.3. The van der Waals surface area contributed by atoms with Crippen molar-refractivity contribution in [2.45, 2.75) is 38.5 Å². The van der Waals surface area contributed by atoms with E-state index in [2.05, 4.69) is 34.2 Å². The molecule has 0 aliphatic rings. The van der Waals surface area contributed by atoms with Gasteiger partial charge in [0.15, 0.2) is 10.0 Å². The van der Waals surface area contributed by atoms with Crippen LogP contribution in [0.3, 0.4) is 0 Å². The summed E-state index contributed by atoms with van der Waals surface area (Å²) < 4.78 is 0. The summed E-state index contributed by atoms with van der Waals surface area (Å²) in [5.41, 5.74) is 5.17. The third-order valence-corrected chi connectivity index (χ3v) is 9.40. The average molecular weight is 593 g/mol. The number of hydrogen-bond acceptors (Lipinski definition) is 6. The highest BCUT2D eigenvalue weighted by Crippen LogP contribution is 2.34. The molecule has 0 aliphatic carbocycles. The molecule has 0 bridgehead atoms. The number of aromatic nitrogens is 2. The van der Waals surface area contributed by atoms with Gasteiger partial charge in [-0.1, -0.05) is 83.9 Å². The minimum Gasteiger partial charge on any atom is -0.481 e. The molecular formula is C34H28N2O4S2. The van der Waals surface area contributed by atoms with Gasteiger partial charge in [-0.15, -0.1) is 22.7 Å². The van der Waals surface area contributed by atoms with Crippen LogP contribution < -0.4 is 0 Å². The van der Waals surface area contributed by atoms with Gasteiger partial charge in [-0.3, -0.25) is 9.59 Å². The van der Waals surface area contributed by atoms with Gasteiger partial charge in [0.2, 0.25) is 0 Å². The number of carboxylic acid groups (broad SMARTS) is 2. The highest BCUT2D eigenvalue weighted by molar-refractivity contribution is 7.19. The summed E-state index contributed by atoms with van der Waals surface area (Å²) >= 11 is 2.66. The number of rotatable bonds is 9. The zero-order chi connectivity index (χ0) is 29.4. The van der Waals surface area contributed by atoms with E-state index in [4.69, 9.17) is 0 Å². The fraction of sp³-hybridized carbons (Fsp3) is 0.176. The molecule has 2 heterocycles. The monoisotopic (exact) mass is 592 g/mol. The molecule has 6 rings (SSSR count). The number of carboxylic acids is 2. The fourth-order valence-electron chi connectivity index (χ4n) is 5.28. The van der Waals surface area contributed by atoms with Gasteiger partial charge in [0.1, 0.15) is 11.8 Å². The second kappa shape index (κ2) is 11.5. The van der Waals surface area contributed by atoms with Crippen LogP contribution in [0, 0.1) is 13.8 Å². The van der Waals surface area contributed by atoms with Crippen molar-refractivity contribution in [3.05, 3.63) is 117 Å². The van der Waals surface area contributed by atoms with E-state index in [-0.39, 0.29) is 0 Å². The van der Waals surface area contributed by atoms with Crippen LogP contribution >= 0.6 is 22.7 Å². The second-order valence-electron chi connectivity index (χ2n) is 10.7. The van der Waals surface area contributed by atoms with Crippen LogP contribution in [0.25, 0.3) is 31.6 Å². The molecule has 42 heavy (non-hydrogen) atoms. The summed E-state index contributed by atoms with van der Waals surface area (Å²) in [7, 11) is 0. The highest BCUT2D eigenvalue weighted by Gasteiger charge is 2.27. The van der Waals surface area contributed by atoms with E-state index in [1.54, 1.807) is 10.8 Å². The summed E-state index contributed by atoms with van der Waals surface area (Å²) in [5, 5.41) is 29.2. The lowest BCUT2D eigenvalue weighted by atomic mass is 9.95. The van der Waals surface area contributed by atoms with E-state index in [9.17, 15) is 19.8 Å². The summed E-state index contributed by atoms with van der Waals surface area (Å²) in [6, 6.07) is 24.5. The molecule has 4 aromatic carbocycles. The maximum atomic E-state index is 12.3. The molecule has 8 heteroatoms. The van der Waals surface area contributed by atoms with E-state index in [1.165, 1.54) is 33.8 Å². The molecule has 0 aliphatic heterocycles. The molecule has 0 amide bonds. The first-order valence-electron chi connectivity index (χ1n) is 13.6. The zero-order valence-electron chi connectivity index (χ0n) is 23.1. The Hall–Kier alpha value is -4.40. The molecule has 2 atom stereocenters. The van der Waals surface area contributed by atoms with Crippen LogP contribution in [0.5, 0.6) is 0 Å². The van der Waals surface area contributed by atoms with Gasteiger partial charge in [0.25, 0.3) is 0 Å². The van der Waals surface area contributed by atoms with Gasteiger partial charge in [0.05, 0.1) is 11.4 Å². The van der Waals surface area contributed by atoms with Gasteiger partial charge < -0.3 is 10.2 Å². The molecule has 6 aromatic rings. The third kappa shape index (κ3) is 5.82. The van der Waals surface area contributed by atoms with E-state index in [1.807, 2.05) is 62.4 Å². The number of nitrogens with zero attached hydrogens (tertiary/aromatic N) is 2. The molecule has 0 radical (unpaired) electrons. The van der Waals surface area contributed by atoms with Crippen LogP contribution in [0.2, 0.25) is 0 Å². The summed E-state index contributed by atoms with van der Waals surface area (Å²) in [5.74, 6) is -3.49. The number of benzene rings is 4. The van der Waals surface area contributed by atoms with E-state index >= 15 is 0 Å². The largest absolute Gasteiger partial charge is 0.481 e. The Balaban J connectivity index is 1.22. The molecule has 0 fully saturated rings. The molecule has 210 valence electrons. The second-order valence-corrected chi connectivity index (χ2v) is 12.4. The summed E-state index contributed by atoms with van der Waals surface area (Å²) in [6.07, 6.45) is 0.635. The quantitative estimate of drug-likeness (QED) is 0.176. The molecule has 2 N–H and O–H groups in total. The number of thiazole rings is 2. The Labute approximate surface area is 251 Å². The van der Waals surface area contributed by atoms with Gasteiger partial charge in [-0.2, -0.15) is 0 Å². The van der Waals surface area contributed by atoms with Crippen molar-refractivity contribution in [1.29, 1.82) is 0 Å². The predicted molar refractivity (Wildman–Crippen MR) is 169 cm³/mol. The number of aryl methyl sites for hydroxylation is 2. The molecular weight excluding hydrogens is 565 g/mol. The normalized spacial score (nSPS) is 12.9. The molecule has 0 spiro atoms. The Bertz CT molecular complexity index is 1820. The van der Waals surface area contributed by atoms with Crippen molar-refractivity contribution in [1.82, 2.24) is 9.97 Å². The lowest BCUT2D eigenvalue weighted by Crippen LogP contribution is -2.15. The van der Waals surface area contributed by atoms with Crippen LogP contribution in [-0.4, -0.2) is 32.1 Å². The Kier molecular flexibility index (Phi) is 7.58. The minimum atomic E-state index is -0.938. The number of fused-ring (bicyclic) bond motifs is 2. The minimum absolute atomic E-state index is 0.317.